The molecule has 0 saturated heterocycles. The lowest BCUT2D eigenvalue weighted by atomic mass is 9.89. The summed E-state index contributed by atoms with van der Waals surface area (Å²) < 4.78 is 19.5. The zero-order valence-electron chi connectivity index (χ0n) is 9.19. The molecule has 0 heterocycles. The Labute approximate surface area is 108 Å². The Morgan fingerprint density at radius 3 is 2.69 bits per heavy atom. The second-order valence-corrected chi connectivity index (χ2v) is 4.90. The first-order valence-corrected chi connectivity index (χ1v) is 6.05. The van der Waals surface area contributed by atoms with E-state index in [-0.39, 0.29) is 11.6 Å². The largest absolute Gasteiger partial charge is 0.382 e. The maximum atomic E-state index is 14.0. The van der Waals surface area contributed by atoms with E-state index in [9.17, 15) is 4.39 Å². The molecular formula is C11H14BrClFNO. The predicted octanol–water partition coefficient (Wildman–Crippen LogP) is 3.45. The molecule has 0 saturated carbocycles. The second kappa shape index (κ2) is 5.45. The summed E-state index contributed by atoms with van der Waals surface area (Å²) in [6, 6.07) is 3.32. The molecule has 0 aliphatic rings. The molecule has 1 unspecified atom stereocenters. The zero-order valence-corrected chi connectivity index (χ0v) is 11.5. The van der Waals surface area contributed by atoms with Crippen LogP contribution in [0.2, 0.25) is 5.02 Å². The molecule has 1 aromatic rings. The van der Waals surface area contributed by atoms with Crippen molar-refractivity contribution in [3.8, 4) is 0 Å². The van der Waals surface area contributed by atoms with E-state index in [0.29, 0.717) is 16.5 Å². The molecular weight excluding hydrogens is 296 g/mol. The van der Waals surface area contributed by atoms with Gasteiger partial charge in [0.25, 0.3) is 0 Å². The summed E-state index contributed by atoms with van der Waals surface area (Å²) >= 11 is 8.99. The molecule has 0 bridgehead atoms. The summed E-state index contributed by atoms with van der Waals surface area (Å²) in [5.41, 5.74) is 5.65. The number of ether oxygens (including phenoxy) is 1. The summed E-state index contributed by atoms with van der Waals surface area (Å²) in [6.45, 7) is 2.13. The molecule has 16 heavy (non-hydrogen) atoms. The van der Waals surface area contributed by atoms with Crippen LogP contribution in [0.5, 0.6) is 0 Å². The Bertz CT molecular complexity index is 388. The number of nitrogens with two attached hydrogens (primary N) is 1. The summed E-state index contributed by atoms with van der Waals surface area (Å²) in [7, 11) is 1.54. The number of rotatable bonds is 4. The molecule has 2 nitrogen and oxygen atoms in total. The topological polar surface area (TPSA) is 35.2 Å². The van der Waals surface area contributed by atoms with Gasteiger partial charge in [-0.15, -0.1) is 0 Å². The molecule has 0 radical (unpaired) electrons. The van der Waals surface area contributed by atoms with Crippen molar-refractivity contribution in [2.45, 2.75) is 18.9 Å². The smallest absolute Gasteiger partial charge is 0.148 e. The number of hydrogen-bond acceptors (Lipinski definition) is 2. The Balaban J connectivity index is 3.26. The normalized spacial score (nSPS) is 14.9. The maximum absolute atomic E-state index is 14.0. The van der Waals surface area contributed by atoms with Gasteiger partial charge in [0.05, 0.1) is 17.2 Å². The first-order chi connectivity index (χ1) is 7.46. The minimum absolute atomic E-state index is 0.0527. The fraction of sp³-hybridized carbons (Fsp3) is 0.455. The van der Waals surface area contributed by atoms with E-state index >= 15 is 0 Å². The second-order valence-electron chi connectivity index (χ2n) is 3.67. The van der Waals surface area contributed by atoms with E-state index in [1.807, 2.05) is 6.92 Å². The van der Waals surface area contributed by atoms with Gasteiger partial charge in [-0.2, -0.15) is 0 Å². The van der Waals surface area contributed by atoms with E-state index in [1.54, 1.807) is 12.1 Å². The van der Waals surface area contributed by atoms with Crippen molar-refractivity contribution in [1.29, 1.82) is 0 Å². The zero-order chi connectivity index (χ0) is 12.3. The highest BCUT2D eigenvalue weighted by atomic mass is 79.9. The molecule has 1 rings (SSSR count). The van der Waals surface area contributed by atoms with Crippen LogP contribution in [0.25, 0.3) is 0 Å². The number of hydrogen-bond donors (Lipinski definition) is 1. The Hall–Kier alpha value is -0.160. The summed E-state index contributed by atoms with van der Waals surface area (Å²) in [5.74, 6) is -0.488. The first kappa shape index (κ1) is 13.9. The average molecular weight is 311 g/mol. The third-order valence-electron chi connectivity index (χ3n) is 2.60. The van der Waals surface area contributed by atoms with Gasteiger partial charge in [-0.3, -0.25) is 0 Å². The van der Waals surface area contributed by atoms with Gasteiger partial charge in [-0.25, -0.2) is 4.39 Å². The third kappa shape index (κ3) is 2.56. The van der Waals surface area contributed by atoms with Crippen molar-refractivity contribution < 1.29 is 9.13 Å². The van der Waals surface area contributed by atoms with Crippen LogP contribution < -0.4 is 5.73 Å². The lowest BCUT2D eigenvalue weighted by Gasteiger charge is -2.28. The van der Waals surface area contributed by atoms with Crippen molar-refractivity contribution in [2.24, 2.45) is 5.73 Å². The lowest BCUT2D eigenvalue weighted by Crippen LogP contribution is -2.41. The van der Waals surface area contributed by atoms with Gasteiger partial charge in [0.2, 0.25) is 0 Å². The van der Waals surface area contributed by atoms with E-state index in [2.05, 4.69) is 15.9 Å². The summed E-state index contributed by atoms with van der Waals surface area (Å²) in [5, 5.41) is 0.0527. The van der Waals surface area contributed by atoms with Crippen molar-refractivity contribution in [3.05, 3.63) is 33.0 Å². The van der Waals surface area contributed by atoms with Crippen molar-refractivity contribution in [1.82, 2.24) is 0 Å². The fourth-order valence-corrected chi connectivity index (χ4v) is 2.01. The highest BCUT2D eigenvalue weighted by Gasteiger charge is 2.29. The minimum Gasteiger partial charge on any atom is -0.382 e. The highest BCUT2D eigenvalue weighted by Crippen LogP contribution is 2.33. The van der Waals surface area contributed by atoms with Crippen molar-refractivity contribution in [2.75, 3.05) is 13.7 Å². The molecule has 0 amide bonds. The highest BCUT2D eigenvalue weighted by molar-refractivity contribution is 9.10. The quantitative estimate of drug-likeness (QED) is 0.865. The van der Waals surface area contributed by atoms with E-state index in [1.165, 1.54) is 7.11 Å². The molecule has 0 aromatic heterocycles. The first-order valence-electron chi connectivity index (χ1n) is 4.88. The molecule has 0 fully saturated rings. The molecule has 1 atom stereocenters. The van der Waals surface area contributed by atoms with Gasteiger partial charge in [0.1, 0.15) is 5.82 Å². The van der Waals surface area contributed by atoms with Crippen LogP contribution in [0.1, 0.15) is 18.9 Å². The Morgan fingerprint density at radius 1 is 1.56 bits per heavy atom. The van der Waals surface area contributed by atoms with Crippen LogP contribution in [0, 0.1) is 5.82 Å². The molecule has 0 aliphatic heterocycles. The van der Waals surface area contributed by atoms with Crippen LogP contribution >= 0.6 is 27.5 Å². The monoisotopic (exact) mass is 309 g/mol. The molecule has 2 N–H and O–H groups in total. The van der Waals surface area contributed by atoms with Gasteiger partial charge >= 0.3 is 0 Å². The lowest BCUT2D eigenvalue weighted by molar-refractivity contribution is 0.127. The van der Waals surface area contributed by atoms with Crippen molar-refractivity contribution in [3.63, 3.8) is 0 Å². The summed E-state index contributed by atoms with van der Waals surface area (Å²) in [6.07, 6.45) is 0.565. The van der Waals surface area contributed by atoms with Crippen LogP contribution in [-0.2, 0) is 10.3 Å². The van der Waals surface area contributed by atoms with Crippen LogP contribution in [0.4, 0.5) is 4.39 Å². The number of halogens is 3. The maximum Gasteiger partial charge on any atom is 0.148 e. The fourth-order valence-electron chi connectivity index (χ4n) is 1.54. The van der Waals surface area contributed by atoms with E-state index in [4.69, 9.17) is 22.1 Å². The number of methoxy groups -OCH3 is 1. The van der Waals surface area contributed by atoms with E-state index in [0.717, 1.165) is 0 Å². The summed E-state index contributed by atoms with van der Waals surface area (Å²) in [4.78, 5) is 0. The number of benzene rings is 1. The van der Waals surface area contributed by atoms with Gasteiger partial charge in [0, 0.05) is 17.1 Å². The van der Waals surface area contributed by atoms with Gasteiger partial charge in [-0.1, -0.05) is 24.6 Å². The molecule has 5 heteroatoms. The standard InChI is InChI=1S/C11H14BrClFNO/c1-3-11(15,6-16-2)7-4-5-8(12)9(13)10(7)14/h4-5H,3,6,15H2,1-2H3. The average Bonchev–Trinajstić information content (AvgIpc) is 2.26. The van der Waals surface area contributed by atoms with Crippen LogP contribution in [0.3, 0.4) is 0 Å². The Morgan fingerprint density at radius 2 is 2.19 bits per heavy atom. The van der Waals surface area contributed by atoms with E-state index < -0.39 is 11.4 Å². The molecule has 0 spiro atoms. The third-order valence-corrected chi connectivity index (χ3v) is 3.86. The van der Waals surface area contributed by atoms with Crippen LogP contribution in [0.15, 0.2) is 16.6 Å². The SMILES string of the molecule is CCC(N)(COC)c1ccc(Br)c(Cl)c1F. The van der Waals surface area contributed by atoms with Crippen LogP contribution in [-0.4, -0.2) is 13.7 Å². The van der Waals surface area contributed by atoms with Gasteiger partial charge in [-0.05, 0) is 28.4 Å². The Kier molecular flexibility index (Phi) is 4.73. The minimum atomic E-state index is -0.844. The predicted molar refractivity (Wildman–Crippen MR) is 67.1 cm³/mol. The van der Waals surface area contributed by atoms with Crippen molar-refractivity contribution >= 4 is 27.5 Å². The molecule has 90 valence electrons. The van der Waals surface area contributed by atoms with Gasteiger partial charge in [0.15, 0.2) is 0 Å². The molecule has 0 aliphatic carbocycles. The van der Waals surface area contributed by atoms with Gasteiger partial charge < -0.3 is 10.5 Å². The molecule has 1 aromatic carbocycles.